The first kappa shape index (κ1) is 14.1. The predicted octanol–water partition coefficient (Wildman–Crippen LogP) is 3.30. The number of rotatable bonds is 2. The molecule has 0 saturated carbocycles. The number of anilines is 2. The van der Waals surface area contributed by atoms with E-state index in [4.69, 9.17) is 0 Å². The van der Waals surface area contributed by atoms with E-state index in [0.717, 1.165) is 22.5 Å². The Morgan fingerprint density at radius 3 is 2.15 bits per heavy atom. The van der Waals surface area contributed by atoms with Gasteiger partial charge in [-0.1, -0.05) is 17.7 Å². The molecule has 0 spiro atoms. The summed E-state index contributed by atoms with van der Waals surface area (Å²) in [6.45, 7) is 7.95. The van der Waals surface area contributed by atoms with Gasteiger partial charge in [0.1, 0.15) is 0 Å². The van der Waals surface area contributed by atoms with E-state index in [2.05, 4.69) is 15.7 Å². The zero-order valence-electron chi connectivity index (χ0n) is 12.5. The number of nitrogens with one attached hydrogen (secondary N) is 2. The van der Waals surface area contributed by atoms with Crippen LogP contribution in [0, 0.1) is 27.7 Å². The number of carbonyl (C=O) groups excluding carboxylic acids is 1. The van der Waals surface area contributed by atoms with Crippen molar-refractivity contribution in [1.82, 2.24) is 9.78 Å². The van der Waals surface area contributed by atoms with Crippen molar-refractivity contribution in [2.45, 2.75) is 27.7 Å². The lowest BCUT2D eigenvalue weighted by atomic mass is 10.1. The minimum absolute atomic E-state index is 0.279. The maximum absolute atomic E-state index is 12.0. The summed E-state index contributed by atoms with van der Waals surface area (Å²) in [6.07, 6.45) is 0. The SMILES string of the molecule is Cc1cc(C)c(NC(=O)Nc2cc(C)n(C)n2)c(C)c1. The maximum atomic E-state index is 12.0. The van der Waals surface area contributed by atoms with Gasteiger partial charge in [-0.15, -0.1) is 0 Å². The van der Waals surface area contributed by atoms with Crippen molar-refractivity contribution in [3.05, 3.63) is 40.6 Å². The van der Waals surface area contributed by atoms with Gasteiger partial charge < -0.3 is 5.32 Å². The first-order chi connectivity index (χ1) is 9.36. The molecule has 0 saturated heterocycles. The Balaban J connectivity index is 2.12. The Bertz CT molecular complexity index is 615. The number of urea groups is 1. The molecule has 2 amide bonds. The molecule has 0 fully saturated rings. The average molecular weight is 272 g/mol. The van der Waals surface area contributed by atoms with Crippen LogP contribution in [0.2, 0.25) is 0 Å². The molecule has 2 N–H and O–H groups in total. The number of benzene rings is 1. The summed E-state index contributed by atoms with van der Waals surface area (Å²) >= 11 is 0. The van der Waals surface area contributed by atoms with Crippen molar-refractivity contribution in [3.63, 3.8) is 0 Å². The number of hydrogen-bond donors (Lipinski definition) is 2. The van der Waals surface area contributed by atoms with E-state index in [9.17, 15) is 4.79 Å². The highest BCUT2D eigenvalue weighted by molar-refractivity contribution is 6.00. The molecule has 1 aromatic carbocycles. The summed E-state index contributed by atoms with van der Waals surface area (Å²) in [6, 6.07) is 5.65. The molecule has 0 unspecified atom stereocenters. The van der Waals surface area contributed by atoms with E-state index in [1.165, 1.54) is 5.56 Å². The third-order valence-corrected chi connectivity index (χ3v) is 3.27. The van der Waals surface area contributed by atoms with Gasteiger partial charge in [0.15, 0.2) is 5.82 Å². The van der Waals surface area contributed by atoms with Crippen molar-refractivity contribution in [2.24, 2.45) is 7.05 Å². The fourth-order valence-electron chi connectivity index (χ4n) is 2.26. The molecule has 0 bridgehead atoms. The van der Waals surface area contributed by atoms with E-state index in [1.807, 2.05) is 52.9 Å². The van der Waals surface area contributed by atoms with Crippen molar-refractivity contribution in [2.75, 3.05) is 10.6 Å². The van der Waals surface area contributed by atoms with Gasteiger partial charge in [-0.05, 0) is 38.8 Å². The van der Waals surface area contributed by atoms with Gasteiger partial charge in [-0.2, -0.15) is 5.10 Å². The van der Waals surface area contributed by atoms with Crippen molar-refractivity contribution < 1.29 is 4.79 Å². The molecule has 20 heavy (non-hydrogen) atoms. The Morgan fingerprint density at radius 2 is 1.65 bits per heavy atom. The summed E-state index contributed by atoms with van der Waals surface area (Å²) in [7, 11) is 1.84. The van der Waals surface area contributed by atoms with Gasteiger partial charge in [0.2, 0.25) is 0 Å². The average Bonchev–Trinajstić information content (AvgIpc) is 2.63. The smallest absolute Gasteiger partial charge is 0.307 e. The molecule has 106 valence electrons. The highest BCUT2D eigenvalue weighted by atomic mass is 16.2. The minimum atomic E-state index is -0.279. The number of aryl methyl sites for hydroxylation is 5. The third-order valence-electron chi connectivity index (χ3n) is 3.27. The van der Waals surface area contributed by atoms with Gasteiger partial charge in [-0.3, -0.25) is 10.00 Å². The summed E-state index contributed by atoms with van der Waals surface area (Å²) in [5.74, 6) is 0.546. The van der Waals surface area contributed by atoms with Crippen LogP contribution in [0.4, 0.5) is 16.3 Å². The normalized spacial score (nSPS) is 10.4. The number of carbonyl (C=O) groups is 1. The molecule has 2 aromatic rings. The molecular formula is C15H20N4O. The van der Waals surface area contributed by atoms with Crippen LogP contribution in [-0.2, 0) is 7.05 Å². The summed E-state index contributed by atoms with van der Waals surface area (Å²) in [5, 5.41) is 9.82. The molecule has 2 rings (SSSR count). The summed E-state index contributed by atoms with van der Waals surface area (Å²) < 4.78 is 1.72. The zero-order valence-corrected chi connectivity index (χ0v) is 12.5. The lowest BCUT2D eigenvalue weighted by Crippen LogP contribution is -2.21. The maximum Gasteiger partial charge on any atom is 0.324 e. The topological polar surface area (TPSA) is 59.0 Å². The highest BCUT2D eigenvalue weighted by Gasteiger charge is 2.10. The Labute approximate surface area is 119 Å². The quantitative estimate of drug-likeness (QED) is 0.881. The standard InChI is InChI=1S/C15H20N4O/c1-9-6-10(2)14(11(3)7-9)17-15(20)16-13-8-12(4)19(5)18-13/h6-8H,1-5H3,(H2,16,17,18,20). The first-order valence-corrected chi connectivity index (χ1v) is 6.53. The number of hydrogen-bond acceptors (Lipinski definition) is 2. The van der Waals surface area contributed by atoms with Gasteiger partial charge in [-0.25, -0.2) is 4.79 Å². The molecule has 0 aliphatic rings. The van der Waals surface area contributed by atoms with Crippen LogP contribution in [0.15, 0.2) is 18.2 Å². The monoisotopic (exact) mass is 272 g/mol. The van der Waals surface area contributed by atoms with E-state index in [-0.39, 0.29) is 6.03 Å². The molecule has 5 nitrogen and oxygen atoms in total. The van der Waals surface area contributed by atoms with Crippen LogP contribution in [0.3, 0.4) is 0 Å². The fourth-order valence-corrected chi connectivity index (χ4v) is 2.26. The van der Waals surface area contributed by atoms with E-state index in [0.29, 0.717) is 5.82 Å². The molecule has 0 radical (unpaired) electrons. The summed E-state index contributed by atoms with van der Waals surface area (Å²) in [4.78, 5) is 12.0. The predicted molar refractivity (Wildman–Crippen MR) is 81.2 cm³/mol. The van der Waals surface area contributed by atoms with Gasteiger partial charge >= 0.3 is 6.03 Å². The van der Waals surface area contributed by atoms with E-state index in [1.54, 1.807) is 4.68 Å². The van der Waals surface area contributed by atoms with Crippen molar-refractivity contribution >= 4 is 17.5 Å². The van der Waals surface area contributed by atoms with Gasteiger partial charge in [0.05, 0.1) is 0 Å². The minimum Gasteiger partial charge on any atom is -0.307 e. The van der Waals surface area contributed by atoms with E-state index >= 15 is 0 Å². The zero-order chi connectivity index (χ0) is 14.9. The van der Waals surface area contributed by atoms with Crippen LogP contribution < -0.4 is 10.6 Å². The van der Waals surface area contributed by atoms with Crippen LogP contribution in [0.5, 0.6) is 0 Å². The number of aromatic nitrogens is 2. The molecule has 0 aliphatic heterocycles. The summed E-state index contributed by atoms with van der Waals surface area (Å²) in [5.41, 5.74) is 5.12. The molecular weight excluding hydrogens is 252 g/mol. The Kier molecular flexibility index (Phi) is 3.79. The van der Waals surface area contributed by atoms with Crippen LogP contribution >= 0.6 is 0 Å². The molecule has 0 aliphatic carbocycles. The first-order valence-electron chi connectivity index (χ1n) is 6.53. The number of nitrogens with zero attached hydrogens (tertiary/aromatic N) is 2. The van der Waals surface area contributed by atoms with Crippen LogP contribution in [0.25, 0.3) is 0 Å². The van der Waals surface area contributed by atoms with Crippen molar-refractivity contribution in [1.29, 1.82) is 0 Å². The molecule has 1 heterocycles. The third kappa shape index (κ3) is 2.99. The second-order valence-corrected chi connectivity index (χ2v) is 5.15. The highest BCUT2D eigenvalue weighted by Crippen LogP contribution is 2.22. The van der Waals surface area contributed by atoms with Gasteiger partial charge in [0.25, 0.3) is 0 Å². The van der Waals surface area contributed by atoms with E-state index < -0.39 is 0 Å². The largest absolute Gasteiger partial charge is 0.324 e. The lowest BCUT2D eigenvalue weighted by Gasteiger charge is -2.12. The molecule has 1 aromatic heterocycles. The Morgan fingerprint density at radius 1 is 1.05 bits per heavy atom. The number of amides is 2. The second-order valence-electron chi connectivity index (χ2n) is 5.15. The van der Waals surface area contributed by atoms with Crippen LogP contribution in [-0.4, -0.2) is 15.8 Å². The molecule has 0 atom stereocenters. The van der Waals surface area contributed by atoms with Crippen molar-refractivity contribution in [3.8, 4) is 0 Å². The van der Waals surface area contributed by atoms with Crippen LogP contribution in [0.1, 0.15) is 22.4 Å². The molecule has 5 heteroatoms. The fraction of sp³-hybridized carbons (Fsp3) is 0.333. The Hall–Kier alpha value is -2.30. The second kappa shape index (κ2) is 5.36. The lowest BCUT2D eigenvalue weighted by molar-refractivity contribution is 0.262. The van der Waals surface area contributed by atoms with Gasteiger partial charge in [0, 0.05) is 24.5 Å².